The predicted octanol–water partition coefficient (Wildman–Crippen LogP) is 2.53. The van der Waals surface area contributed by atoms with Crippen molar-refractivity contribution in [3.8, 4) is 5.88 Å². The summed E-state index contributed by atoms with van der Waals surface area (Å²) in [6.07, 6.45) is 0. The molecule has 0 amide bonds. The molecule has 69 heavy (non-hydrogen) atoms. The topological polar surface area (TPSA) is 446 Å². The number of pyridine rings is 1. The van der Waals surface area contributed by atoms with Crippen LogP contribution in [0.1, 0.15) is 18.1 Å². The summed E-state index contributed by atoms with van der Waals surface area (Å²) >= 11 is 0. The van der Waals surface area contributed by atoms with Gasteiger partial charge in [-0.05, 0) is 74.0 Å². The zero-order valence-corrected chi connectivity index (χ0v) is 40.0. The molecular formula is C34H37N9O20S6. The Morgan fingerprint density at radius 3 is 1.49 bits per heavy atom. The Bertz CT molecular complexity index is 3460. The van der Waals surface area contributed by atoms with Crippen molar-refractivity contribution in [3.05, 3.63) is 88.2 Å². The zero-order chi connectivity index (χ0) is 51.3. The summed E-state index contributed by atoms with van der Waals surface area (Å²) < 4.78 is 190. The van der Waals surface area contributed by atoms with Crippen molar-refractivity contribution in [1.29, 1.82) is 0 Å². The van der Waals surface area contributed by atoms with Gasteiger partial charge in [0.25, 0.3) is 25.8 Å². The van der Waals surface area contributed by atoms with E-state index in [2.05, 4.69) is 49.5 Å². The summed E-state index contributed by atoms with van der Waals surface area (Å²) in [7, 11) is -28.3. The maximum Gasteiger partial charge on any atom is 0.397 e. The SMILES string of the molecule is CCn1c(O)c(/N=N/c2cc(Nc3nc(Nc4cccc(S(=O)(=O)CCOS(=O)(=O)O)c4)nc(Nc4cccc(S(=O)(=O)CCOS(=O)(=O)O)c4)n3)ccc2S(=O)(=O)O)c(C)c(CS(=O)(=O)O)c1=O. The first-order chi connectivity index (χ1) is 31.8. The lowest BCUT2D eigenvalue weighted by atomic mass is 10.1. The number of anilines is 6. The van der Waals surface area contributed by atoms with E-state index in [0.717, 1.165) is 42.5 Å². The van der Waals surface area contributed by atoms with Gasteiger partial charge in [-0.25, -0.2) is 25.2 Å². The zero-order valence-electron chi connectivity index (χ0n) is 35.1. The van der Waals surface area contributed by atoms with Gasteiger partial charge in [0, 0.05) is 29.2 Å². The number of aromatic hydroxyl groups is 1. The van der Waals surface area contributed by atoms with Gasteiger partial charge < -0.3 is 21.1 Å². The molecule has 2 aromatic heterocycles. The van der Waals surface area contributed by atoms with E-state index in [9.17, 15) is 69.5 Å². The number of benzene rings is 3. The Morgan fingerprint density at radius 2 is 1.09 bits per heavy atom. The first-order valence-corrected chi connectivity index (χ1v) is 27.8. The number of hydrogen-bond acceptors (Lipinski definition) is 24. The fourth-order valence-electron chi connectivity index (χ4n) is 5.82. The minimum absolute atomic E-state index is 0.00276. The highest BCUT2D eigenvalue weighted by Gasteiger charge is 2.24. The first kappa shape index (κ1) is 53.8. The molecule has 0 fully saturated rings. The lowest BCUT2D eigenvalue weighted by molar-refractivity contribution is 0.282. The molecule has 0 bridgehead atoms. The van der Waals surface area contributed by atoms with Crippen molar-refractivity contribution in [3.63, 3.8) is 0 Å². The molecule has 0 atom stereocenters. The van der Waals surface area contributed by atoms with E-state index >= 15 is 0 Å². The average Bonchev–Trinajstić information content (AvgIpc) is 3.21. The monoisotopic (exact) mass is 1080 g/mol. The fourth-order valence-corrected chi connectivity index (χ4v) is 10.2. The molecule has 0 saturated carbocycles. The second-order valence-electron chi connectivity index (χ2n) is 13.8. The van der Waals surface area contributed by atoms with Crippen LogP contribution < -0.4 is 21.5 Å². The third kappa shape index (κ3) is 15.2. The summed E-state index contributed by atoms with van der Waals surface area (Å²) in [6.45, 7) is 0.502. The molecule has 8 N–H and O–H groups in total. The quantitative estimate of drug-likeness (QED) is 0.0364. The molecule has 3 aromatic carbocycles. The molecule has 2 heterocycles. The molecule has 35 heteroatoms. The van der Waals surface area contributed by atoms with Crippen molar-refractivity contribution in [2.75, 3.05) is 40.7 Å². The van der Waals surface area contributed by atoms with Gasteiger partial charge >= 0.3 is 20.8 Å². The summed E-state index contributed by atoms with van der Waals surface area (Å²) in [5, 5.41) is 26.8. The molecular weight excluding hydrogens is 1050 g/mol. The number of aromatic nitrogens is 4. The summed E-state index contributed by atoms with van der Waals surface area (Å²) in [4.78, 5) is 24.1. The fraction of sp³-hybridized carbons (Fsp3) is 0.235. The Labute approximate surface area is 392 Å². The molecule has 0 spiro atoms. The highest BCUT2D eigenvalue weighted by atomic mass is 32.3. The van der Waals surface area contributed by atoms with Gasteiger partial charge in [-0.1, -0.05) is 12.1 Å². The van der Waals surface area contributed by atoms with E-state index in [1.807, 2.05) is 0 Å². The number of nitrogens with zero attached hydrogens (tertiary/aromatic N) is 6. The summed E-state index contributed by atoms with van der Waals surface area (Å²) in [6, 6.07) is 12.7. The molecule has 0 saturated heterocycles. The number of rotatable bonds is 22. The van der Waals surface area contributed by atoms with Gasteiger partial charge in [-0.15, -0.1) is 10.2 Å². The molecule has 0 radical (unpaired) electrons. The second-order valence-corrected chi connectivity index (χ2v) is 23.0. The average molecular weight is 1080 g/mol. The maximum absolute atomic E-state index is 13.0. The molecule has 5 aromatic rings. The van der Waals surface area contributed by atoms with Crippen molar-refractivity contribution >= 4 is 107 Å². The van der Waals surface area contributed by atoms with Crippen LogP contribution in [-0.2, 0) is 81.4 Å². The van der Waals surface area contributed by atoms with Crippen molar-refractivity contribution in [1.82, 2.24) is 19.5 Å². The maximum atomic E-state index is 13.0. The number of nitrogens with one attached hydrogen (secondary N) is 3. The second kappa shape index (κ2) is 20.9. The normalized spacial score (nSPS) is 12.8. The molecule has 0 aliphatic rings. The molecule has 0 aliphatic heterocycles. The number of hydrogen-bond donors (Lipinski definition) is 8. The molecule has 374 valence electrons. The van der Waals surface area contributed by atoms with Crippen LogP contribution in [0.2, 0.25) is 0 Å². The van der Waals surface area contributed by atoms with Gasteiger partial charge in [0.1, 0.15) is 22.0 Å². The lowest BCUT2D eigenvalue weighted by Gasteiger charge is -2.14. The Balaban J connectivity index is 1.58. The van der Waals surface area contributed by atoms with E-state index in [0.29, 0.717) is 4.57 Å². The molecule has 5 rings (SSSR count). The Morgan fingerprint density at radius 1 is 0.638 bits per heavy atom. The standard InChI is InChI=1S/C34H37N9O20S6/c1-3-43-30(44)26(19-66(50,51)52)20(2)29(31(43)45)42-41-27-18-23(10-11-28(27)67(53,54)55)37-34-39-32(35-21-6-4-8-24(16-21)64(46,47)14-12-62-68(56,57)58)38-33(40-34)36-22-7-5-9-25(17-22)65(48,49)15-13-63-69(59,60)61/h4-11,16-18,45H,3,12-15,19H2,1-2H3,(H,50,51,52)(H,53,54,55)(H,56,57,58)(H,59,60,61)(H3,35,36,37,38,39,40)/b42-41+. The highest BCUT2D eigenvalue weighted by molar-refractivity contribution is 7.91. The van der Waals surface area contributed by atoms with Gasteiger partial charge in [-0.3, -0.25) is 27.6 Å². The van der Waals surface area contributed by atoms with E-state index < -0.39 is 130 Å². The molecule has 0 unspecified atom stereocenters. The van der Waals surface area contributed by atoms with Crippen LogP contribution in [0.4, 0.5) is 46.3 Å². The highest BCUT2D eigenvalue weighted by Crippen LogP contribution is 2.36. The van der Waals surface area contributed by atoms with Crippen LogP contribution in [0.25, 0.3) is 0 Å². The summed E-state index contributed by atoms with van der Waals surface area (Å²) in [5.74, 6) is -4.89. The van der Waals surface area contributed by atoms with Gasteiger partial charge in [0.05, 0.1) is 34.5 Å². The van der Waals surface area contributed by atoms with Gasteiger partial charge in [-0.2, -0.15) is 48.6 Å². The third-order valence-corrected chi connectivity index (χ3v) is 14.7. The van der Waals surface area contributed by atoms with E-state index in [1.54, 1.807) is 0 Å². The minimum atomic E-state index is -5.08. The summed E-state index contributed by atoms with van der Waals surface area (Å²) in [5.41, 5.74) is -3.00. The largest absolute Gasteiger partial charge is 0.493 e. The Kier molecular flexibility index (Phi) is 16.3. The van der Waals surface area contributed by atoms with Crippen molar-refractivity contribution in [2.24, 2.45) is 10.2 Å². The van der Waals surface area contributed by atoms with Crippen molar-refractivity contribution in [2.45, 2.75) is 40.8 Å². The van der Waals surface area contributed by atoms with E-state index in [-0.39, 0.29) is 50.9 Å². The molecule has 0 aliphatic carbocycles. The molecule has 29 nitrogen and oxygen atoms in total. The minimum Gasteiger partial charge on any atom is -0.493 e. The Hall–Kier alpha value is -6.12. The number of azo groups is 1. The van der Waals surface area contributed by atoms with Gasteiger partial charge in [0.15, 0.2) is 19.7 Å². The number of sulfone groups is 2. The van der Waals surface area contributed by atoms with Crippen molar-refractivity contribution < 1.29 is 82.2 Å². The lowest BCUT2D eigenvalue weighted by Crippen LogP contribution is -2.26. The van der Waals surface area contributed by atoms with E-state index in [1.165, 1.54) is 38.1 Å². The van der Waals surface area contributed by atoms with Crippen LogP contribution in [0.3, 0.4) is 0 Å². The van der Waals surface area contributed by atoms with Crippen LogP contribution in [-0.4, -0.2) is 118 Å². The van der Waals surface area contributed by atoms with Gasteiger partial charge in [0.2, 0.25) is 23.7 Å². The predicted molar refractivity (Wildman–Crippen MR) is 240 cm³/mol. The smallest absolute Gasteiger partial charge is 0.397 e. The first-order valence-electron chi connectivity index (χ1n) is 18.7. The van der Waals surface area contributed by atoms with E-state index in [4.69, 9.17) is 9.11 Å². The van der Waals surface area contributed by atoms with Crippen LogP contribution >= 0.6 is 0 Å². The van der Waals surface area contributed by atoms with Crippen LogP contribution in [0.15, 0.2) is 96.4 Å². The van der Waals surface area contributed by atoms with Crippen LogP contribution in [0, 0.1) is 6.92 Å². The van der Waals surface area contributed by atoms with Crippen LogP contribution in [0.5, 0.6) is 5.88 Å². The third-order valence-electron chi connectivity index (χ3n) is 8.87.